The highest BCUT2D eigenvalue weighted by molar-refractivity contribution is 5.98. The Morgan fingerprint density at radius 1 is 1.11 bits per heavy atom. The zero-order valence-electron chi connectivity index (χ0n) is 11.0. The van der Waals surface area contributed by atoms with Crippen LogP contribution < -0.4 is 5.73 Å². The van der Waals surface area contributed by atoms with Crippen molar-refractivity contribution in [1.29, 1.82) is 0 Å². The number of nitrogens with zero attached hydrogens (tertiary/aromatic N) is 2. The third-order valence-corrected chi connectivity index (χ3v) is 3.50. The molecule has 0 saturated heterocycles. The molecule has 96 valence electrons. The molecule has 0 aliphatic carbocycles. The molecule has 0 spiro atoms. The molecule has 1 heterocycles. The maximum absolute atomic E-state index is 5.81. The van der Waals surface area contributed by atoms with Crippen LogP contribution in [0.4, 0.5) is 0 Å². The van der Waals surface area contributed by atoms with Gasteiger partial charge in [-0.25, -0.2) is 0 Å². The van der Waals surface area contributed by atoms with Gasteiger partial charge in [0.1, 0.15) is 0 Å². The molecule has 0 atom stereocenters. The molecular weight excluding hydrogens is 234 g/mol. The third-order valence-electron chi connectivity index (χ3n) is 3.50. The molecule has 0 amide bonds. The molecule has 19 heavy (non-hydrogen) atoms. The molecule has 0 unspecified atom stereocenters. The van der Waals surface area contributed by atoms with Gasteiger partial charge >= 0.3 is 0 Å². The van der Waals surface area contributed by atoms with Gasteiger partial charge in [-0.05, 0) is 28.8 Å². The quantitative estimate of drug-likeness (QED) is 0.777. The van der Waals surface area contributed by atoms with E-state index in [-0.39, 0.29) is 0 Å². The van der Waals surface area contributed by atoms with Crippen molar-refractivity contribution >= 4 is 10.8 Å². The summed E-state index contributed by atoms with van der Waals surface area (Å²) in [4.78, 5) is 0. The fraction of sp³-hybridized carbons (Fsp3) is 0.188. The molecule has 2 N–H and O–H groups in total. The van der Waals surface area contributed by atoms with Crippen LogP contribution in [0.2, 0.25) is 0 Å². The first-order chi connectivity index (χ1) is 9.33. The Morgan fingerprint density at radius 3 is 2.58 bits per heavy atom. The van der Waals surface area contributed by atoms with E-state index in [9.17, 15) is 0 Å². The lowest BCUT2D eigenvalue weighted by Crippen LogP contribution is -1.97. The van der Waals surface area contributed by atoms with E-state index in [0.29, 0.717) is 6.54 Å². The van der Waals surface area contributed by atoms with E-state index in [2.05, 4.69) is 54.6 Å². The van der Waals surface area contributed by atoms with Gasteiger partial charge < -0.3 is 5.73 Å². The van der Waals surface area contributed by atoms with Crippen molar-refractivity contribution in [3.63, 3.8) is 0 Å². The van der Waals surface area contributed by atoms with E-state index in [1.807, 2.05) is 10.9 Å². The number of fused-ring (bicyclic) bond motifs is 1. The van der Waals surface area contributed by atoms with Gasteiger partial charge in [-0.3, -0.25) is 4.68 Å². The van der Waals surface area contributed by atoms with Crippen molar-refractivity contribution in [2.24, 2.45) is 5.73 Å². The standard InChI is InChI=1S/C16H17N3/c1-2-19-11-13(10-18-19)15-8-7-12(9-17)14-5-3-4-6-16(14)15/h3-8,10-11H,2,9,17H2,1H3. The summed E-state index contributed by atoms with van der Waals surface area (Å²) in [6, 6.07) is 12.7. The van der Waals surface area contributed by atoms with E-state index in [4.69, 9.17) is 5.73 Å². The molecule has 0 aliphatic rings. The van der Waals surface area contributed by atoms with Crippen LogP contribution in [0.3, 0.4) is 0 Å². The van der Waals surface area contributed by atoms with Crippen molar-refractivity contribution in [2.75, 3.05) is 0 Å². The Bertz CT molecular complexity index is 713. The zero-order chi connectivity index (χ0) is 13.2. The topological polar surface area (TPSA) is 43.8 Å². The van der Waals surface area contributed by atoms with Gasteiger partial charge in [0.25, 0.3) is 0 Å². The molecule has 3 nitrogen and oxygen atoms in total. The predicted molar refractivity (Wildman–Crippen MR) is 78.7 cm³/mol. The fourth-order valence-corrected chi connectivity index (χ4v) is 2.47. The Kier molecular flexibility index (Phi) is 3.05. The van der Waals surface area contributed by atoms with E-state index in [1.54, 1.807) is 0 Å². The molecule has 2 aromatic carbocycles. The van der Waals surface area contributed by atoms with Crippen LogP contribution in [0.25, 0.3) is 21.9 Å². The molecule has 0 fully saturated rings. The largest absolute Gasteiger partial charge is 0.326 e. The summed E-state index contributed by atoms with van der Waals surface area (Å²) in [6.07, 6.45) is 4.01. The van der Waals surface area contributed by atoms with Gasteiger partial charge in [0.15, 0.2) is 0 Å². The lowest BCUT2D eigenvalue weighted by atomic mass is 9.97. The van der Waals surface area contributed by atoms with Crippen molar-refractivity contribution < 1.29 is 0 Å². The predicted octanol–water partition coefficient (Wildman–Crippen LogP) is 3.18. The average Bonchev–Trinajstić information content (AvgIpc) is 2.95. The summed E-state index contributed by atoms with van der Waals surface area (Å²) in [5, 5.41) is 6.82. The van der Waals surface area contributed by atoms with Crippen molar-refractivity contribution in [1.82, 2.24) is 9.78 Å². The van der Waals surface area contributed by atoms with Gasteiger partial charge in [0.05, 0.1) is 6.20 Å². The van der Waals surface area contributed by atoms with Gasteiger partial charge in [-0.1, -0.05) is 36.4 Å². The summed E-state index contributed by atoms with van der Waals surface area (Å²) < 4.78 is 1.95. The van der Waals surface area contributed by atoms with Crippen molar-refractivity contribution in [3.8, 4) is 11.1 Å². The first-order valence-electron chi connectivity index (χ1n) is 6.57. The summed E-state index contributed by atoms with van der Waals surface area (Å²) in [7, 11) is 0. The molecule has 3 rings (SSSR count). The number of hydrogen-bond acceptors (Lipinski definition) is 2. The smallest absolute Gasteiger partial charge is 0.0568 e. The fourth-order valence-electron chi connectivity index (χ4n) is 2.47. The second-order valence-electron chi connectivity index (χ2n) is 4.61. The highest BCUT2D eigenvalue weighted by Gasteiger charge is 2.08. The minimum atomic E-state index is 0.564. The summed E-state index contributed by atoms with van der Waals surface area (Å²) in [5.74, 6) is 0. The molecule has 0 aliphatic heterocycles. The number of rotatable bonds is 3. The van der Waals surface area contributed by atoms with E-state index < -0.39 is 0 Å². The highest BCUT2D eigenvalue weighted by Crippen LogP contribution is 2.30. The Labute approximate surface area is 112 Å². The molecule has 3 heteroatoms. The van der Waals surface area contributed by atoms with Crippen LogP contribution in [0.15, 0.2) is 48.8 Å². The van der Waals surface area contributed by atoms with E-state index >= 15 is 0 Å². The van der Waals surface area contributed by atoms with Crippen LogP contribution in [0.1, 0.15) is 12.5 Å². The molecule has 0 saturated carbocycles. The molecule has 1 aromatic heterocycles. The van der Waals surface area contributed by atoms with Crippen LogP contribution in [-0.2, 0) is 13.1 Å². The van der Waals surface area contributed by atoms with Gasteiger partial charge in [-0.15, -0.1) is 0 Å². The minimum absolute atomic E-state index is 0.564. The van der Waals surface area contributed by atoms with Gasteiger partial charge in [0, 0.05) is 24.8 Å². The molecular formula is C16H17N3. The SMILES string of the molecule is CCn1cc(-c2ccc(CN)c3ccccc23)cn1. The maximum Gasteiger partial charge on any atom is 0.0568 e. The Morgan fingerprint density at radius 2 is 1.89 bits per heavy atom. The lowest BCUT2D eigenvalue weighted by Gasteiger charge is -2.08. The van der Waals surface area contributed by atoms with Crippen LogP contribution in [0.5, 0.6) is 0 Å². The highest BCUT2D eigenvalue weighted by atomic mass is 15.3. The molecule has 0 bridgehead atoms. The Balaban J connectivity index is 2.24. The van der Waals surface area contributed by atoms with E-state index in [1.165, 1.54) is 21.9 Å². The van der Waals surface area contributed by atoms with Crippen LogP contribution in [-0.4, -0.2) is 9.78 Å². The van der Waals surface area contributed by atoms with Gasteiger partial charge in [-0.2, -0.15) is 5.10 Å². The average molecular weight is 251 g/mol. The number of nitrogens with two attached hydrogens (primary N) is 1. The zero-order valence-corrected chi connectivity index (χ0v) is 11.0. The first kappa shape index (κ1) is 11.9. The number of aromatic nitrogens is 2. The third kappa shape index (κ3) is 2.02. The molecule has 0 radical (unpaired) electrons. The van der Waals surface area contributed by atoms with Crippen LogP contribution in [0, 0.1) is 0 Å². The van der Waals surface area contributed by atoms with Gasteiger partial charge in [0.2, 0.25) is 0 Å². The van der Waals surface area contributed by atoms with Crippen molar-refractivity contribution in [2.45, 2.75) is 20.0 Å². The first-order valence-corrected chi connectivity index (χ1v) is 6.57. The normalized spacial score (nSPS) is 11.1. The minimum Gasteiger partial charge on any atom is -0.326 e. The molecule has 3 aromatic rings. The summed E-state index contributed by atoms with van der Waals surface area (Å²) in [6.45, 7) is 3.54. The monoisotopic (exact) mass is 251 g/mol. The van der Waals surface area contributed by atoms with E-state index in [0.717, 1.165) is 12.1 Å². The number of hydrogen-bond donors (Lipinski definition) is 1. The summed E-state index contributed by atoms with van der Waals surface area (Å²) >= 11 is 0. The number of benzene rings is 2. The lowest BCUT2D eigenvalue weighted by molar-refractivity contribution is 0.660. The second-order valence-corrected chi connectivity index (χ2v) is 4.61. The van der Waals surface area contributed by atoms with Crippen LogP contribution >= 0.6 is 0 Å². The second kappa shape index (κ2) is 4.86. The summed E-state index contributed by atoms with van der Waals surface area (Å²) in [5.41, 5.74) is 9.37. The number of aryl methyl sites for hydroxylation is 1. The maximum atomic E-state index is 5.81. The van der Waals surface area contributed by atoms with Crippen molar-refractivity contribution in [3.05, 3.63) is 54.4 Å². The Hall–Kier alpha value is -2.13.